The van der Waals surface area contributed by atoms with Crippen molar-refractivity contribution in [2.45, 2.75) is 32.6 Å². The molecule has 0 bridgehead atoms. The third-order valence-corrected chi connectivity index (χ3v) is 4.10. The van der Waals surface area contributed by atoms with E-state index in [0.29, 0.717) is 6.61 Å². The van der Waals surface area contributed by atoms with Gasteiger partial charge in [0, 0.05) is 0 Å². The van der Waals surface area contributed by atoms with Crippen LogP contribution in [0.25, 0.3) is 0 Å². The molecule has 0 radical (unpaired) electrons. The Labute approximate surface area is 156 Å². The Kier molecular flexibility index (Phi) is 7.14. The Bertz CT molecular complexity index is 778. The third kappa shape index (κ3) is 5.03. The molecular formula is C18H22ClFN2O4. The Hall–Kier alpha value is -1.96. The monoisotopic (exact) mass is 384 g/mol. The van der Waals surface area contributed by atoms with Gasteiger partial charge in [0.1, 0.15) is 13.3 Å². The van der Waals surface area contributed by atoms with Crippen molar-refractivity contribution in [1.29, 1.82) is 0 Å². The van der Waals surface area contributed by atoms with Crippen molar-refractivity contribution in [3.8, 4) is 5.75 Å². The zero-order chi connectivity index (χ0) is 19.2. The number of aliphatic hydroxyl groups is 1. The first-order valence-electron chi connectivity index (χ1n) is 8.12. The molecule has 0 atom stereocenters. The van der Waals surface area contributed by atoms with E-state index in [0.717, 1.165) is 15.8 Å². The highest BCUT2D eigenvalue weighted by atomic mass is 35.5. The molecule has 0 saturated carbocycles. The molecule has 1 aromatic carbocycles. The Morgan fingerprint density at radius 1 is 1.23 bits per heavy atom. The molecule has 0 amide bonds. The SMILES string of the molecule is CC(C)(CO)n1ncc(OCc2ccc(COCCF)cc2)c(Cl)c1=O. The van der Waals surface area contributed by atoms with E-state index in [-0.39, 0.29) is 30.6 Å². The maximum atomic E-state index is 12.3. The number of benzene rings is 1. The van der Waals surface area contributed by atoms with Crippen LogP contribution in [0.4, 0.5) is 4.39 Å². The average molecular weight is 385 g/mol. The lowest BCUT2D eigenvalue weighted by Crippen LogP contribution is -2.41. The van der Waals surface area contributed by atoms with Crippen molar-refractivity contribution in [3.63, 3.8) is 0 Å². The summed E-state index contributed by atoms with van der Waals surface area (Å²) >= 11 is 6.10. The molecule has 1 aromatic heterocycles. The van der Waals surface area contributed by atoms with Gasteiger partial charge in [-0.2, -0.15) is 5.10 Å². The predicted molar refractivity (Wildman–Crippen MR) is 96.3 cm³/mol. The van der Waals surface area contributed by atoms with Crippen LogP contribution in [0.1, 0.15) is 25.0 Å². The number of rotatable bonds is 9. The van der Waals surface area contributed by atoms with Gasteiger partial charge in [-0.25, -0.2) is 9.07 Å². The van der Waals surface area contributed by atoms with Crippen LogP contribution in [0, 0.1) is 0 Å². The van der Waals surface area contributed by atoms with Gasteiger partial charge in [0.25, 0.3) is 5.56 Å². The van der Waals surface area contributed by atoms with E-state index in [9.17, 15) is 14.3 Å². The summed E-state index contributed by atoms with van der Waals surface area (Å²) in [5.74, 6) is 0.178. The Morgan fingerprint density at radius 2 is 1.85 bits per heavy atom. The van der Waals surface area contributed by atoms with Crippen LogP contribution in [-0.4, -0.2) is 34.8 Å². The number of hydrogen-bond donors (Lipinski definition) is 1. The number of halogens is 2. The van der Waals surface area contributed by atoms with Crippen molar-refractivity contribution in [2.24, 2.45) is 0 Å². The zero-order valence-corrected chi connectivity index (χ0v) is 15.5. The molecule has 2 aromatic rings. The molecule has 0 aliphatic carbocycles. The van der Waals surface area contributed by atoms with Gasteiger partial charge in [-0.3, -0.25) is 4.79 Å². The summed E-state index contributed by atoms with van der Waals surface area (Å²) in [7, 11) is 0. The van der Waals surface area contributed by atoms with Gasteiger partial charge in [0.05, 0.1) is 31.6 Å². The molecule has 26 heavy (non-hydrogen) atoms. The molecule has 142 valence electrons. The predicted octanol–water partition coefficient (Wildman–Crippen LogP) is 2.69. The number of aliphatic hydroxyl groups excluding tert-OH is 1. The van der Waals surface area contributed by atoms with Gasteiger partial charge in [-0.05, 0) is 25.0 Å². The van der Waals surface area contributed by atoms with Crippen molar-refractivity contribution in [1.82, 2.24) is 9.78 Å². The molecule has 0 fully saturated rings. The van der Waals surface area contributed by atoms with E-state index in [2.05, 4.69) is 5.10 Å². The summed E-state index contributed by atoms with van der Waals surface area (Å²) in [4.78, 5) is 12.3. The fourth-order valence-corrected chi connectivity index (χ4v) is 2.34. The molecule has 8 heteroatoms. The molecule has 0 spiro atoms. The lowest BCUT2D eigenvalue weighted by molar-refractivity contribution is 0.106. The van der Waals surface area contributed by atoms with Crippen LogP contribution in [0.3, 0.4) is 0 Å². The highest BCUT2D eigenvalue weighted by Gasteiger charge is 2.24. The van der Waals surface area contributed by atoms with Crippen molar-refractivity contribution < 1.29 is 19.0 Å². The third-order valence-electron chi connectivity index (χ3n) is 3.75. The van der Waals surface area contributed by atoms with Crippen LogP contribution in [0.5, 0.6) is 5.75 Å². The molecule has 0 aliphatic heterocycles. The lowest BCUT2D eigenvalue weighted by Gasteiger charge is -2.23. The number of alkyl halides is 1. The van der Waals surface area contributed by atoms with Gasteiger partial charge >= 0.3 is 0 Å². The Morgan fingerprint density at radius 3 is 2.42 bits per heavy atom. The van der Waals surface area contributed by atoms with Crippen LogP contribution in [0.2, 0.25) is 5.02 Å². The minimum absolute atomic E-state index is 0.0784. The smallest absolute Gasteiger partial charge is 0.289 e. The molecule has 1 heterocycles. The van der Waals surface area contributed by atoms with Crippen LogP contribution in [-0.2, 0) is 23.5 Å². The molecule has 2 rings (SSSR count). The van der Waals surface area contributed by atoms with E-state index in [1.54, 1.807) is 13.8 Å². The first-order valence-corrected chi connectivity index (χ1v) is 8.50. The van der Waals surface area contributed by atoms with Gasteiger partial charge in [0.15, 0.2) is 10.8 Å². The maximum Gasteiger partial charge on any atom is 0.289 e. The Balaban J connectivity index is 2.03. The maximum absolute atomic E-state index is 12.3. The van der Waals surface area contributed by atoms with Gasteiger partial charge in [-0.15, -0.1) is 0 Å². The summed E-state index contributed by atoms with van der Waals surface area (Å²) in [6, 6.07) is 7.42. The van der Waals surface area contributed by atoms with E-state index < -0.39 is 17.8 Å². The number of nitrogens with zero attached hydrogens (tertiary/aromatic N) is 2. The fraction of sp³-hybridized carbons (Fsp3) is 0.444. The summed E-state index contributed by atoms with van der Waals surface area (Å²) < 4.78 is 23.9. The minimum Gasteiger partial charge on any atom is -0.485 e. The largest absolute Gasteiger partial charge is 0.485 e. The standard InChI is InChI=1S/C18H22ClFN2O4/c1-18(2,12-23)22-17(24)16(19)15(9-21-22)26-11-14-5-3-13(4-6-14)10-25-8-7-20/h3-6,9,23H,7-8,10-12H2,1-2H3. The van der Waals surface area contributed by atoms with E-state index in [1.165, 1.54) is 6.20 Å². The van der Waals surface area contributed by atoms with Crippen molar-refractivity contribution in [2.75, 3.05) is 19.9 Å². The molecule has 6 nitrogen and oxygen atoms in total. The fourth-order valence-electron chi connectivity index (χ4n) is 2.15. The second-order valence-corrected chi connectivity index (χ2v) is 6.74. The van der Waals surface area contributed by atoms with Crippen molar-refractivity contribution >= 4 is 11.6 Å². The molecule has 0 aliphatic rings. The van der Waals surface area contributed by atoms with Crippen LogP contribution < -0.4 is 10.3 Å². The van der Waals surface area contributed by atoms with Crippen LogP contribution in [0.15, 0.2) is 35.3 Å². The van der Waals surface area contributed by atoms with Gasteiger partial charge in [0.2, 0.25) is 0 Å². The highest BCUT2D eigenvalue weighted by Crippen LogP contribution is 2.22. The lowest BCUT2D eigenvalue weighted by atomic mass is 10.1. The molecule has 0 saturated heterocycles. The molecule has 0 unspecified atom stereocenters. The average Bonchev–Trinajstić information content (AvgIpc) is 2.64. The minimum atomic E-state index is -0.862. The van der Waals surface area contributed by atoms with Gasteiger partial charge < -0.3 is 14.6 Å². The normalized spacial score (nSPS) is 11.6. The summed E-state index contributed by atoms with van der Waals surface area (Å²) in [5, 5.41) is 13.3. The summed E-state index contributed by atoms with van der Waals surface area (Å²) in [6.45, 7) is 3.23. The topological polar surface area (TPSA) is 73.6 Å². The van der Waals surface area contributed by atoms with E-state index in [4.69, 9.17) is 21.1 Å². The molecular weight excluding hydrogens is 363 g/mol. The summed E-state index contributed by atoms with van der Waals surface area (Å²) in [6.07, 6.45) is 1.36. The van der Waals surface area contributed by atoms with Crippen LogP contribution >= 0.6 is 11.6 Å². The second-order valence-electron chi connectivity index (χ2n) is 6.36. The van der Waals surface area contributed by atoms with Gasteiger partial charge in [-0.1, -0.05) is 35.9 Å². The second kappa shape index (κ2) is 9.12. The summed E-state index contributed by atoms with van der Waals surface area (Å²) in [5.41, 5.74) is 0.411. The number of aromatic nitrogens is 2. The number of ether oxygens (including phenoxy) is 2. The first kappa shape index (κ1) is 20.4. The number of hydrogen-bond acceptors (Lipinski definition) is 5. The van der Waals surface area contributed by atoms with Crippen molar-refractivity contribution in [3.05, 3.63) is 57.0 Å². The first-order chi connectivity index (χ1) is 12.4. The zero-order valence-electron chi connectivity index (χ0n) is 14.7. The highest BCUT2D eigenvalue weighted by molar-refractivity contribution is 6.31. The van der Waals surface area contributed by atoms with E-state index in [1.807, 2.05) is 24.3 Å². The quantitative estimate of drug-likeness (QED) is 0.673. The molecule has 1 N–H and O–H groups in total. The van der Waals surface area contributed by atoms with E-state index >= 15 is 0 Å².